The van der Waals surface area contributed by atoms with Gasteiger partial charge >= 0.3 is 0 Å². The second-order valence-corrected chi connectivity index (χ2v) is 3.91. The molecule has 2 N–H and O–H groups in total. The van der Waals surface area contributed by atoms with Gasteiger partial charge < -0.3 is 15.4 Å². The second kappa shape index (κ2) is 7.55. The summed E-state index contributed by atoms with van der Waals surface area (Å²) in [5.41, 5.74) is 0. The molecule has 0 spiro atoms. The highest BCUT2D eigenvalue weighted by molar-refractivity contribution is 6.30. The average Bonchev–Trinajstić information content (AvgIpc) is 2.36. The van der Waals surface area contributed by atoms with Crippen LogP contribution in [0.1, 0.15) is 6.92 Å². The molecule has 0 aliphatic carbocycles. The van der Waals surface area contributed by atoms with Gasteiger partial charge in [-0.2, -0.15) is 0 Å². The van der Waals surface area contributed by atoms with Gasteiger partial charge in [0, 0.05) is 11.6 Å². The van der Waals surface area contributed by atoms with Gasteiger partial charge in [0.15, 0.2) is 6.61 Å². The van der Waals surface area contributed by atoms with Gasteiger partial charge in [-0.3, -0.25) is 9.59 Å². The van der Waals surface area contributed by atoms with Crippen LogP contribution in [0.5, 0.6) is 5.75 Å². The molecule has 0 saturated carbocycles. The molecule has 1 aromatic carbocycles. The fourth-order valence-electron chi connectivity index (χ4n) is 1.17. The number of halogens is 1. The Balaban J connectivity index is 2.24. The highest BCUT2D eigenvalue weighted by Crippen LogP contribution is 2.15. The number of carbonyl (C=O) groups is 2. The Morgan fingerprint density at radius 2 is 1.83 bits per heavy atom. The van der Waals surface area contributed by atoms with Crippen molar-refractivity contribution in [2.24, 2.45) is 0 Å². The number of rotatable bonds is 6. The first-order valence-electron chi connectivity index (χ1n) is 5.53. The lowest BCUT2D eigenvalue weighted by molar-refractivity contribution is -0.127. The maximum absolute atomic E-state index is 11.3. The summed E-state index contributed by atoms with van der Waals surface area (Å²) in [6.07, 6.45) is 0. The number of nitrogens with one attached hydrogen (secondary N) is 2. The van der Waals surface area contributed by atoms with Crippen molar-refractivity contribution in [3.8, 4) is 5.75 Å². The Morgan fingerprint density at radius 3 is 2.44 bits per heavy atom. The zero-order valence-electron chi connectivity index (χ0n) is 10.0. The first-order valence-corrected chi connectivity index (χ1v) is 5.91. The smallest absolute Gasteiger partial charge is 0.258 e. The van der Waals surface area contributed by atoms with Crippen LogP contribution in [0, 0.1) is 0 Å². The van der Waals surface area contributed by atoms with E-state index in [1.807, 2.05) is 6.92 Å². The summed E-state index contributed by atoms with van der Waals surface area (Å²) in [6, 6.07) is 6.67. The number of likely N-dealkylation sites (N-methyl/N-ethyl adjacent to an activating group) is 1. The lowest BCUT2D eigenvalue weighted by atomic mass is 10.3. The zero-order valence-corrected chi connectivity index (χ0v) is 10.8. The number of carbonyl (C=O) groups excluding carboxylic acids is 2. The molecule has 0 aromatic heterocycles. The van der Waals surface area contributed by atoms with E-state index < -0.39 is 0 Å². The van der Waals surface area contributed by atoms with E-state index >= 15 is 0 Å². The molecule has 0 bridgehead atoms. The molecule has 0 aliphatic heterocycles. The minimum absolute atomic E-state index is 0.0450. The molecule has 0 atom stereocenters. The summed E-state index contributed by atoms with van der Waals surface area (Å²) in [7, 11) is 0. The SMILES string of the molecule is CCNC(=O)CNC(=O)COc1ccc(Cl)cc1. The van der Waals surface area contributed by atoms with Crippen LogP contribution in [-0.2, 0) is 9.59 Å². The molecule has 1 aromatic rings. The molecule has 0 heterocycles. The van der Waals surface area contributed by atoms with E-state index in [1.54, 1.807) is 24.3 Å². The van der Waals surface area contributed by atoms with Gasteiger partial charge in [0.05, 0.1) is 6.54 Å². The normalized spacial score (nSPS) is 9.67. The molecule has 18 heavy (non-hydrogen) atoms. The second-order valence-electron chi connectivity index (χ2n) is 3.47. The van der Waals surface area contributed by atoms with E-state index in [0.717, 1.165) is 0 Å². The molecule has 0 fully saturated rings. The molecule has 1 rings (SSSR count). The van der Waals surface area contributed by atoms with E-state index in [2.05, 4.69) is 10.6 Å². The summed E-state index contributed by atoms with van der Waals surface area (Å²) in [4.78, 5) is 22.4. The van der Waals surface area contributed by atoms with Gasteiger partial charge in [-0.1, -0.05) is 11.6 Å². The molecule has 5 nitrogen and oxygen atoms in total. The molecule has 6 heteroatoms. The van der Waals surface area contributed by atoms with Crippen LogP contribution in [-0.4, -0.2) is 31.5 Å². The lowest BCUT2D eigenvalue weighted by Crippen LogP contribution is -2.38. The highest BCUT2D eigenvalue weighted by atomic mass is 35.5. The van der Waals surface area contributed by atoms with E-state index in [-0.39, 0.29) is 25.0 Å². The molecule has 0 aliphatic rings. The summed E-state index contributed by atoms with van der Waals surface area (Å²) in [5.74, 6) is -0.0268. The number of hydrogen-bond acceptors (Lipinski definition) is 3. The van der Waals surface area contributed by atoms with Crippen molar-refractivity contribution in [2.75, 3.05) is 19.7 Å². The average molecular weight is 271 g/mol. The number of ether oxygens (including phenoxy) is 1. The van der Waals surface area contributed by atoms with Crippen LogP contribution < -0.4 is 15.4 Å². The van der Waals surface area contributed by atoms with Crippen LogP contribution in [0.25, 0.3) is 0 Å². The van der Waals surface area contributed by atoms with E-state index in [9.17, 15) is 9.59 Å². The Hall–Kier alpha value is -1.75. The van der Waals surface area contributed by atoms with Gasteiger partial charge in [0.2, 0.25) is 5.91 Å². The van der Waals surface area contributed by atoms with Crippen molar-refractivity contribution in [3.05, 3.63) is 29.3 Å². The summed E-state index contributed by atoms with van der Waals surface area (Å²) in [5, 5.41) is 5.62. The Bertz CT molecular complexity index is 406. The van der Waals surface area contributed by atoms with Crippen molar-refractivity contribution in [1.29, 1.82) is 0 Å². The van der Waals surface area contributed by atoms with Gasteiger partial charge in [-0.15, -0.1) is 0 Å². The summed E-state index contributed by atoms with van der Waals surface area (Å²) in [6.45, 7) is 2.16. The molecule has 0 radical (unpaired) electrons. The maximum atomic E-state index is 11.3. The minimum Gasteiger partial charge on any atom is -0.484 e. The van der Waals surface area contributed by atoms with Gasteiger partial charge in [-0.05, 0) is 31.2 Å². The largest absolute Gasteiger partial charge is 0.484 e. The molecule has 2 amide bonds. The molecule has 0 unspecified atom stereocenters. The maximum Gasteiger partial charge on any atom is 0.258 e. The molecular weight excluding hydrogens is 256 g/mol. The van der Waals surface area contributed by atoms with Crippen molar-refractivity contribution in [3.63, 3.8) is 0 Å². The van der Waals surface area contributed by atoms with Gasteiger partial charge in [0.1, 0.15) is 5.75 Å². The fourth-order valence-corrected chi connectivity index (χ4v) is 1.30. The number of benzene rings is 1. The quantitative estimate of drug-likeness (QED) is 0.809. The summed E-state index contributed by atoms with van der Waals surface area (Å²) < 4.78 is 5.21. The Morgan fingerprint density at radius 1 is 1.17 bits per heavy atom. The first-order chi connectivity index (χ1) is 8.61. The monoisotopic (exact) mass is 270 g/mol. The molecule has 98 valence electrons. The predicted octanol–water partition coefficient (Wildman–Crippen LogP) is 0.971. The Labute approximate surface area is 110 Å². The third kappa shape index (κ3) is 5.54. The number of hydrogen-bond donors (Lipinski definition) is 2. The number of amides is 2. The van der Waals surface area contributed by atoms with E-state index in [4.69, 9.17) is 16.3 Å². The van der Waals surface area contributed by atoms with Crippen molar-refractivity contribution in [2.45, 2.75) is 6.92 Å². The minimum atomic E-state index is -0.351. The van der Waals surface area contributed by atoms with Crippen LogP contribution in [0.3, 0.4) is 0 Å². The van der Waals surface area contributed by atoms with Crippen molar-refractivity contribution < 1.29 is 14.3 Å². The zero-order chi connectivity index (χ0) is 13.4. The van der Waals surface area contributed by atoms with Crippen LogP contribution in [0.4, 0.5) is 0 Å². The van der Waals surface area contributed by atoms with Crippen LogP contribution in [0.15, 0.2) is 24.3 Å². The van der Waals surface area contributed by atoms with Crippen molar-refractivity contribution in [1.82, 2.24) is 10.6 Å². The Kier molecular flexibility index (Phi) is 6.00. The molecule has 0 saturated heterocycles. The lowest BCUT2D eigenvalue weighted by Gasteiger charge is -2.07. The van der Waals surface area contributed by atoms with E-state index in [1.165, 1.54) is 0 Å². The third-order valence-electron chi connectivity index (χ3n) is 2.00. The van der Waals surface area contributed by atoms with Crippen LogP contribution >= 0.6 is 11.6 Å². The standard InChI is InChI=1S/C12H15ClN2O3/c1-2-14-11(16)7-15-12(17)8-18-10-5-3-9(13)4-6-10/h3-6H,2,7-8H2,1H3,(H,14,16)(H,15,17). The van der Waals surface area contributed by atoms with Gasteiger partial charge in [-0.25, -0.2) is 0 Å². The first kappa shape index (κ1) is 14.3. The van der Waals surface area contributed by atoms with Gasteiger partial charge in [0.25, 0.3) is 5.91 Å². The summed E-state index contributed by atoms with van der Waals surface area (Å²) >= 11 is 5.71. The fraction of sp³-hybridized carbons (Fsp3) is 0.333. The third-order valence-corrected chi connectivity index (χ3v) is 2.26. The van der Waals surface area contributed by atoms with E-state index in [0.29, 0.717) is 17.3 Å². The molecular formula is C12H15ClN2O3. The highest BCUT2D eigenvalue weighted by Gasteiger charge is 2.05. The van der Waals surface area contributed by atoms with Crippen molar-refractivity contribution >= 4 is 23.4 Å². The van der Waals surface area contributed by atoms with Crippen LogP contribution in [0.2, 0.25) is 5.02 Å². The predicted molar refractivity (Wildman–Crippen MR) is 68.6 cm³/mol. The topological polar surface area (TPSA) is 67.4 Å².